The summed E-state index contributed by atoms with van der Waals surface area (Å²) in [6, 6.07) is 0. The van der Waals surface area contributed by atoms with Gasteiger partial charge in [-0.05, 0) is 80.6 Å². The average molecular weight is 451 g/mol. The first-order chi connectivity index (χ1) is 15.2. The molecule has 0 N–H and O–H groups in total. The van der Waals surface area contributed by atoms with Crippen molar-refractivity contribution in [2.75, 3.05) is 0 Å². The zero-order chi connectivity index (χ0) is 24.8. The van der Waals surface area contributed by atoms with Gasteiger partial charge in [0.2, 0.25) is 0 Å². The summed E-state index contributed by atoms with van der Waals surface area (Å²) in [6.45, 7) is 13.9. The van der Waals surface area contributed by atoms with Gasteiger partial charge >= 0.3 is 0 Å². The normalized spacial score (nSPS) is 35.7. The molecule has 0 spiro atoms. The number of fused-ring (bicyclic) bond motifs is 3. The second kappa shape index (κ2) is 8.77. The van der Waals surface area contributed by atoms with Crippen LogP contribution in [0.2, 0.25) is 0 Å². The first-order valence-electron chi connectivity index (χ1n) is 12.1. The first kappa shape index (κ1) is 25.3. The van der Waals surface area contributed by atoms with Gasteiger partial charge in [0.1, 0.15) is 5.78 Å². The molecule has 4 nitrogen and oxygen atoms in total. The maximum Gasteiger partial charge on any atom is 0.181 e. The van der Waals surface area contributed by atoms with Crippen LogP contribution in [0.1, 0.15) is 80.6 Å². The van der Waals surface area contributed by atoms with Crippen molar-refractivity contribution < 1.29 is 19.2 Å². The monoisotopic (exact) mass is 450 g/mol. The Hall–Kier alpha value is -2.36. The van der Waals surface area contributed by atoms with E-state index in [9.17, 15) is 19.2 Å². The van der Waals surface area contributed by atoms with Crippen molar-refractivity contribution >= 4 is 23.1 Å². The fourth-order valence-electron chi connectivity index (χ4n) is 7.21. The molecule has 0 aliphatic heterocycles. The van der Waals surface area contributed by atoms with Crippen LogP contribution in [0.4, 0.5) is 0 Å². The predicted molar refractivity (Wildman–Crippen MR) is 130 cm³/mol. The average Bonchev–Trinajstić information content (AvgIpc) is 3.00. The summed E-state index contributed by atoms with van der Waals surface area (Å²) in [5, 5.41) is 0. The van der Waals surface area contributed by atoms with Gasteiger partial charge in [-0.1, -0.05) is 45.9 Å². The molecule has 0 bridgehead atoms. The molecule has 3 aliphatic carbocycles. The molecule has 0 aromatic rings. The number of hydrogen-bond donors (Lipinski definition) is 0. The SMILES string of the molecule is CC(=O)/C=C\C(=O)/C(C)=C/C=C/C(C)=C1\C(=O)CC2[C@@]3(C)CCC(=O)C(C)(C)C3CC[C@]12C. The topological polar surface area (TPSA) is 68.3 Å². The Morgan fingerprint density at radius 1 is 0.909 bits per heavy atom. The summed E-state index contributed by atoms with van der Waals surface area (Å²) in [7, 11) is 0. The smallest absolute Gasteiger partial charge is 0.181 e. The number of hydrogen-bond acceptors (Lipinski definition) is 4. The second-order valence-electron chi connectivity index (χ2n) is 11.4. The minimum Gasteiger partial charge on any atom is -0.299 e. The van der Waals surface area contributed by atoms with E-state index in [1.807, 2.05) is 19.1 Å². The van der Waals surface area contributed by atoms with Crippen LogP contribution in [-0.4, -0.2) is 23.1 Å². The lowest BCUT2D eigenvalue weighted by molar-refractivity contribution is -0.154. The largest absolute Gasteiger partial charge is 0.299 e. The standard InChI is InChI=1S/C29H38O4/c1-18(21(31)12-11-20(3)30)9-8-10-19(2)26-22(32)17-24-28(6)16-14-25(33)27(4,5)23(28)13-15-29(24,26)7/h8-12,23-24H,13-17H2,1-7H3/b10-8+,12-11-,18-9+,26-19+/t23?,24?,28-,29-/m0/s1. The number of rotatable bonds is 5. The van der Waals surface area contributed by atoms with Gasteiger partial charge < -0.3 is 0 Å². The van der Waals surface area contributed by atoms with Crippen molar-refractivity contribution in [1.82, 2.24) is 0 Å². The van der Waals surface area contributed by atoms with Gasteiger partial charge in [-0.25, -0.2) is 0 Å². The molecule has 0 heterocycles. The Morgan fingerprint density at radius 3 is 2.21 bits per heavy atom. The van der Waals surface area contributed by atoms with Gasteiger partial charge in [0.25, 0.3) is 0 Å². The molecule has 4 heteroatoms. The van der Waals surface area contributed by atoms with E-state index in [0.717, 1.165) is 30.4 Å². The number of allylic oxidation sites excluding steroid dienone is 8. The van der Waals surface area contributed by atoms with E-state index in [1.165, 1.54) is 19.1 Å². The number of ketones is 4. The maximum absolute atomic E-state index is 13.3. The highest BCUT2D eigenvalue weighted by atomic mass is 16.1. The molecule has 0 radical (unpaired) electrons. The predicted octanol–water partition coefficient (Wildman–Crippen LogP) is 5.92. The molecule has 3 fully saturated rings. The molecule has 3 aliphatic rings. The fraction of sp³-hybridized carbons (Fsp3) is 0.586. The molecule has 3 saturated carbocycles. The molecule has 0 saturated heterocycles. The Morgan fingerprint density at radius 2 is 1.58 bits per heavy atom. The highest BCUT2D eigenvalue weighted by Crippen LogP contribution is 2.68. The van der Waals surface area contributed by atoms with Gasteiger partial charge in [-0.2, -0.15) is 0 Å². The van der Waals surface area contributed by atoms with Crippen molar-refractivity contribution in [1.29, 1.82) is 0 Å². The van der Waals surface area contributed by atoms with E-state index >= 15 is 0 Å². The molecular formula is C29H38O4. The molecule has 33 heavy (non-hydrogen) atoms. The van der Waals surface area contributed by atoms with Crippen LogP contribution in [0, 0.1) is 28.1 Å². The molecule has 4 atom stereocenters. The molecule has 0 amide bonds. The summed E-state index contributed by atoms with van der Waals surface area (Å²) < 4.78 is 0. The summed E-state index contributed by atoms with van der Waals surface area (Å²) in [5.41, 5.74) is 1.88. The minimum atomic E-state index is -0.329. The zero-order valence-electron chi connectivity index (χ0n) is 21.2. The van der Waals surface area contributed by atoms with Crippen LogP contribution in [-0.2, 0) is 19.2 Å². The van der Waals surface area contributed by atoms with E-state index in [-0.39, 0.29) is 39.5 Å². The summed E-state index contributed by atoms with van der Waals surface area (Å²) in [5.74, 6) is 0.781. The third-order valence-electron chi connectivity index (χ3n) is 8.98. The maximum atomic E-state index is 13.3. The Labute approximate surface area is 198 Å². The Bertz CT molecular complexity index is 1020. The van der Waals surface area contributed by atoms with Gasteiger partial charge in [0.15, 0.2) is 17.3 Å². The summed E-state index contributed by atoms with van der Waals surface area (Å²) >= 11 is 0. The van der Waals surface area contributed by atoms with Crippen LogP contribution in [0.5, 0.6) is 0 Å². The van der Waals surface area contributed by atoms with E-state index < -0.39 is 0 Å². The molecular weight excluding hydrogens is 412 g/mol. The quantitative estimate of drug-likeness (QED) is 0.385. The van der Waals surface area contributed by atoms with Crippen molar-refractivity contribution in [2.24, 2.45) is 28.1 Å². The highest BCUT2D eigenvalue weighted by molar-refractivity contribution is 6.07. The van der Waals surface area contributed by atoms with Crippen molar-refractivity contribution in [3.8, 4) is 0 Å². The third-order valence-corrected chi connectivity index (χ3v) is 8.98. The zero-order valence-corrected chi connectivity index (χ0v) is 21.2. The first-order valence-corrected chi connectivity index (χ1v) is 12.1. The number of carbonyl (C=O) groups is 4. The van der Waals surface area contributed by atoms with Crippen LogP contribution in [0.3, 0.4) is 0 Å². The van der Waals surface area contributed by atoms with Crippen molar-refractivity contribution in [2.45, 2.75) is 80.6 Å². The van der Waals surface area contributed by atoms with E-state index in [4.69, 9.17) is 0 Å². The third kappa shape index (κ3) is 4.29. The molecule has 178 valence electrons. The van der Waals surface area contributed by atoms with Crippen molar-refractivity contribution in [3.63, 3.8) is 0 Å². The lowest BCUT2D eigenvalue weighted by Crippen LogP contribution is -2.56. The lowest BCUT2D eigenvalue weighted by Gasteiger charge is -2.60. The molecule has 0 aromatic carbocycles. The number of carbonyl (C=O) groups excluding carboxylic acids is 4. The van der Waals surface area contributed by atoms with Crippen LogP contribution in [0.15, 0.2) is 47.1 Å². The lowest BCUT2D eigenvalue weighted by atomic mass is 9.43. The van der Waals surface area contributed by atoms with Crippen LogP contribution in [0.25, 0.3) is 0 Å². The number of Topliss-reactive ketones (excluding diaryl/α,β-unsaturated/α-hetero) is 2. The Balaban J connectivity index is 1.90. The van der Waals surface area contributed by atoms with E-state index in [1.54, 1.807) is 13.0 Å². The van der Waals surface area contributed by atoms with Gasteiger partial charge in [0, 0.05) is 29.2 Å². The summed E-state index contributed by atoms with van der Waals surface area (Å²) in [6.07, 6.45) is 11.9. The highest BCUT2D eigenvalue weighted by Gasteiger charge is 2.64. The van der Waals surface area contributed by atoms with Gasteiger partial charge in [-0.15, -0.1) is 0 Å². The van der Waals surface area contributed by atoms with Crippen molar-refractivity contribution in [3.05, 3.63) is 47.1 Å². The van der Waals surface area contributed by atoms with Crippen LogP contribution >= 0.6 is 0 Å². The van der Waals surface area contributed by atoms with Gasteiger partial charge in [0.05, 0.1) is 0 Å². The van der Waals surface area contributed by atoms with E-state index in [2.05, 4.69) is 27.7 Å². The van der Waals surface area contributed by atoms with E-state index in [0.29, 0.717) is 30.1 Å². The molecule has 2 unspecified atom stereocenters. The summed E-state index contributed by atoms with van der Waals surface area (Å²) in [4.78, 5) is 49.1. The van der Waals surface area contributed by atoms with Crippen LogP contribution < -0.4 is 0 Å². The minimum absolute atomic E-state index is 0.0161. The fourth-order valence-corrected chi connectivity index (χ4v) is 7.21. The molecule has 3 rings (SSSR count). The Kier molecular flexibility index (Phi) is 6.72. The molecule has 0 aromatic heterocycles. The van der Waals surface area contributed by atoms with Gasteiger partial charge in [-0.3, -0.25) is 19.2 Å². The second-order valence-corrected chi connectivity index (χ2v) is 11.4.